The molecule has 0 aromatic heterocycles. The molecule has 1 saturated heterocycles. The second-order valence-electron chi connectivity index (χ2n) is 6.13. The van der Waals surface area contributed by atoms with Crippen LogP contribution in [0.2, 0.25) is 0 Å². The number of piperidine rings is 1. The van der Waals surface area contributed by atoms with Gasteiger partial charge in [0.25, 0.3) is 0 Å². The average Bonchev–Trinajstić information content (AvgIpc) is 2.73. The largest absolute Gasteiger partial charge is 1.00 e. The fourth-order valence-electron chi connectivity index (χ4n) is 3.91. The Labute approximate surface area is 125 Å². The smallest absolute Gasteiger partial charge is 0.105 e. The van der Waals surface area contributed by atoms with Crippen molar-refractivity contribution in [2.45, 2.75) is 32.4 Å². The van der Waals surface area contributed by atoms with Crippen LogP contribution in [-0.4, -0.2) is 17.6 Å². The number of hydrogen-bond acceptors (Lipinski definition) is 0. The van der Waals surface area contributed by atoms with Gasteiger partial charge >= 0.3 is 0 Å². The number of quaternary nitrogens is 1. The van der Waals surface area contributed by atoms with Crippen molar-refractivity contribution in [3.63, 3.8) is 0 Å². The third-order valence-corrected chi connectivity index (χ3v) is 4.84. The van der Waals surface area contributed by atoms with Crippen molar-refractivity contribution in [1.82, 2.24) is 0 Å². The molecule has 0 saturated carbocycles. The van der Waals surface area contributed by atoms with Crippen molar-refractivity contribution < 1.29 is 21.5 Å². The van der Waals surface area contributed by atoms with Gasteiger partial charge in [0.1, 0.15) is 13.1 Å². The third kappa shape index (κ3) is 2.21. The Morgan fingerprint density at radius 1 is 0.737 bits per heavy atom. The number of hydrogen-bond donors (Lipinski definition) is 0. The van der Waals surface area contributed by atoms with E-state index < -0.39 is 0 Å². The predicted molar refractivity (Wildman–Crippen MR) is 75.2 cm³/mol. The Balaban J connectivity index is 0.00000110. The van der Waals surface area contributed by atoms with Crippen LogP contribution in [0.1, 0.15) is 30.4 Å². The van der Waals surface area contributed by atoms with Crippen molar-refractivity contribution in [2.75, 3.05) is 13.1 Å². The third-order valence-electron chi connectivity index (χ3n) is 4.84. The van der Waals surface area contributed by atoms with Crippen LogP contribution in [0.25, 0.3) is 10.8 Å². The quantitative estimate of drug-likeness (QED) is 0.632. The maximum absolute atomic E-state index is 2.44. The topological polar surface area (TPSA) is 0 Å². The van der Waals surface area contributed by atoms with Crippen molar-refractivity contribution >= 4 is 10.8 Å². The number of halogens is 1. The van der Waals surface area contributed by atoms with Gasteiger partial charge in [0.15, 0.2) is 0 Å². The molecular formula is C17H20BrN. The molecular weight excluding hydrogens is 298 g/mol. The molecule has 0 N–H and O–H groups in total. The zero-order valence-electron chi connectivity index (χ0n) is 11.2. The first kappa shape index (κ1) is 13.1. The van der Waals surface area contributed by atoms with Crippen LogP contribution >= 0.6 is 0 Å². The van der Waals surface area contributed by atoms with E-state index in [4.69, 9.17) is 0 Å². The summed E-state index contributed by atoms with van der Waals surface area (Å²) in [6.45, 7) is 5.34. The molecule has 1 fully saturated rings. The molecule has 2 aromatic rings. The van der Waals surface area contributed by atoms with Gasteiger partial charge in [-0.15, -0.1) is 0 Å². The molecule has 0 unspecified atom stereocenters. The molecule has 0 radical (unpaired) electrons. The first-order valence-corrected chi connectivity index (χ1v) is 7.20. The van der Waals surface area contributed by atoms with Crippen molar-refractivity contribution in [2.24, 2.45) is 0 Å². The van der Waals surface area contributed by atoms with E-state index in [2.05, 4.69) is 36.4 Å². The van der Waals surface area contributed by atoms with Gasteiger partial charge in [-0.05, 0) is 42.2 Å². The second kappa shape index (κ2) is 4.92. The minimum atomic E-state index is 0. The monoisotopic (exact) mass is 317 g/mol. The normalized spacial score (nSPS) is 20.2. The predicted octanol–water partition coefficient (Wildman–Crippen LogP) is 0.858. The highest BCUT2D eigenvalue weighted by Gasteiger charge is 2.36. The van der Waals surface area contributed by atoms with Gasteiger partial charge in [-0.1, -0.05) is 24.3 Å². The Morgan fingerprint density at radius 3 is 1.79 bits per heavy atom. The number of nitrogens with zero attached hydrogens (tertiary/aromatic N) is 1. The summed E-state index contributed by atoms with van der Waals surface area (Å²) in [7, 11) is 0. The molecule has 1 spiro atoms. The van der Waals surface area contributed by atoms with Crippen LogP contribution in [0.4, 0.5) is 0 Å². The lowest BCUT2D eigenvalue weighted by atomic mass is 10.0. The summed E-state index contributed by atoms with van der Waals surface area (Å²) in [6.07, 6.45) is 4.29. The van der Waals surface area contributed by atoms with Gasteiger partial charge in [0.2, 0.25) is 0 Å². The van der Waals surface area contributed by atoms with Crippen LogP contribution in [0.15, 0.2) is 36.4 Å². The van der Waals surface area contributed by atoms with Crippen LogP contribution in [0, 0.1) is 0 Å². The van der Waals surface area contributed by atoms with Gasteiger partial charge in [0.05, 0.1) is 13.1 Å². The summed E-state index contributed by atoms with van der Waals surface area (Å²) in [6, 6.07) is 13.7. The maximum atomic E-state index is 2.44. The SMILES string of the molecule is [Br-].c1ccc2cc3c(cc2c1)C[N+]1(CCCCC1)C3. The lowest BCUT2D eigenvalue weighted by molar-refractivity contribution is -0.951. The van der Waals surface area contributed by atoms with E-state index in [0.29, 0.717) is 0 Å². The van der Waals surface area contributed by atoms with E-state index >= 15 is 0 Å². The molecule has 1 nitrogen and oxygen atoms in total. The summed E-state index contributed by atoms with van der Waals surface area (Å²) < 4.78 is 1.34. The summed E-state index contributed by atoms with van der Waals surface area (Å²) in [5.74, 6) is 0. The highest BCUT2D eigenvalue weighted by atomic mass is 79.9. The van der Waals surface area contributed by atoms with E-state index in [1.165, 1.54) is 60.7 Å². The fourth-order valence-corrected chi connectivity index (χ4v) is 3.91. The van der Waals surface area contributed by atoms with Gasteiger partial charge < -0.3 is 21.5 Å². The Bertz CT molecular complexity index is 553. The van der Waals surface area contributed by atoms with Crippen LogP contribution < -0.4 is 17.0 Å². The first-order valence-electron chi connectivity index (χ1n) is 7.20. The molecule has 0 bridgehead atoms. The van der Waals surface area contributed by atoms with Crippen molar-refractivity contribution in [1.29, 1.82) is 0 Å². The van der Waals surface area contributed by atoms with E-state index in [1.54, 1.807) is 11.1 Å². The van der Waals surface area contributed by atoms with E-state index in [1.807, 2.05) is 0 Å². The summed E-state index contributed by atoms with van der Waals surface area (Å²) in [5, 5.41) is 2.82. The molecule has 0 amide bonds. The minimum Gasteiger partial charge on any atom is -1.00 e. The summed E-state index contributed by atoms with van der Waals surface area (Å²) in [4.78, 5) is 0. The van der Waals surface area contributed by atoms with Crippen molar-refractivity contribution in [3.05, 3.63) is 47.5 Å². The highest BCUT2D eigenvalue weighted by Crippen LogP contribution is 2.35. The van der Waals surface area contributed by atoms with Gasteiger partial charge in [-0.25, -0.2) is 0 Å². The summed E-state index contributed by atoms with van der Waals surface area (Å²) >= 11 is 0. The average molecular weight is 318 g/mol. The van der Waals surface area contributed by atoms with Crippen LogP contribution in [0.3, 0.4) is 0 Å². The van der Waals surface area contributed by atoms with E-state index in [0.717, 1.165) is 0 Å². The number of rotatable bonds is 0. The fraction of sp³-hybridized carbons (Fsp3) is 0.412. The molecule has 2 aromatic carbocycles. The van der Waals surface area contributed by atoms with Gasteiger partial charge in [-0.3, -0.25) is 0 Å². The van der Waals surface area contributed by atoms with Crippen molar-refractivity contribution in [3.8, 4) is 0 Å². The number of fused-ring (bicyclic) bond motifs is 2. The Hall–Kier alpha value is -0.860. The minimum absolute atomic E-state index is 0. The van der Waals surface area contributed by atoms with Gasteiger partial charge in [0, 0.05) is 11.1 Å². The Kier molecular flexibility index (Phi) is 3.40. The van der Waals surface area contributed by atoms with Crippen LogP contribution in [0.5, 0.6) is 0 Å². The van der Waals surface area contributed by atoms with E-state index in [9.17, 15) is 0 Å². The molecule has 4 rings (SSSR count). The molecule has 0 aliphatic carbocycles. The molecule has 0 atom stereocenters. The number of benzene rings is 2. The second-order valence-corrected chi connectivity index (χ2v) is 6.13. The molecule has 19 heavy (non-hydrogen) atoms. The lowest BCUT2D eigenvalue weighted by Crippen LogP contribution is -3.00. The molecule has 2 heterocycles. The molecule has 100 valence electrons. The van der Waals surface area contributed by atoms with Crippen LogP contribution in [-0.2, 0) is 13.1 Å². The molecule has 2 aliphatic heterocycles. The highest BCUT2D eigenvalue weighted by molar-refractivity contribution is 5.84. The maximum Gasteiger partial charge on any atom is 0.105 e. The zero-order valence-corrected chi connectivity index (χ0v) is 12.8. The first-order chi connectivity index (χ1) is 8.85. The summed E-state index contributed by atoms with van der Waals surface area (Å²) in [5.41, 5.74) is 3.21. The molecule has 2 aliphatic rings. The lowest BCUT2D eigenvalue weighted by Gasteiger charge is -2.37. The molecule has 2 heteroatoms. The zero-order chi connectivity index (χ0) is 12.0. The Morgan fingerprint density at radius 2 is 1.26 bits per heavy atom. The van der Waals surface area contributed by atoms with E-state index in [-0.39, 0.29) is 17.0 Å². The standard InChI is InChI=1S/C17H20N.BrH/c1-4-8-18(9-5-1)12-16-10-14-6-2-3-7-15(14)11-17(16)13-18;/h2-3,6-7,10-11H,1,4-5,8-9,12-13H2;1H/q+1;/p-1. The van der Waals surface area contributed by atoms with Gasteiger partial charge in [-0.2, -0.15) is 0 Å².